The van der Waals surface area contributed by atoms with Gasteiger partial charge >= 0.3 is 5.97 Å². The summed E-state index contributed by atoms with van der Waals surface area (Å²) in [5.41, 5.74) is 0. The first-order valence-corrected chi connectivity index (χ1v) is 7.64. The summed E-state index contributed by atoms with van der Waals surface area (Å²) in [6, 6.07) is -0.370. The fraction of sp³-hybridized carbons (Fsp3) is 0.867. The third kappa shape index (κ3) is 2.26. The van der Waals surface area contributed by atoms with Gasteiger partial charge in [-0.1, -0.05) is 19.8 Å². The van der Waals surface area contributed by atoms with E-state index in [9.17, 15) is 14.7 Å². The van der Waals surface area contributed by atoms with Crippen LogP contribution in [-0.2, 0) is 9.59 Å². The van der Waals surface area contributed by atoms with Crippen molar-refractivity contribution in [2.75, 3.05) is 0 Å². The van der Waals surface area contributed by atoms with E-state index in [1.54, 1.807) is 4.90 Å². The lowest BCUT2D eigenvalue weighted by molar-refractivity contribution is -0.151. The van der Waals surface area contributed by atoms with Gasteiger partial charge in [0.15, 0.2) is 0 Å². The Morgan fingerprint density at radius 3 is 2.47 bits per heavy atom. The summed E-state index contributed by atoms with van der Waals surface area (Å²) in [5.74, 6) is 0.229. The number of rotatable bonds is 3. The van der Waals surface area contributed by atoms with Gasteiger partial charge in [-0.3, -0.25) is 4.79 Å². The van der Waals surface area contributed by atoms with Crippen LogP contribution < -0.4 is 0 Å². The number of hydrogen-bond donors (Lipinski definition) is 1. The minimum absolute atomic E-state index is 0.0162. The Morgan fingerprint density at radius 2 is 1.84 bits per heavy atom. The van der Waals surface area contributed by atoms with Crippen molar-refractivity contribution in [1.29, 1.82) is 0 Å². The van der Waals surface area contributed by atoms with Crippen LogP contribution in [0.15, 0.2) is 0 Å². The molecule has 1 heterocycles. The molecular formula is C15H23NO3. The summed E-state index contributed by atoms with van der Waals surface area (Å²) < 4.78 is 0. The van der Waals surface area contributed by atoms with Crippen LogP contribution in [0.1, 0.15) is 51.9 Å². The molecule has 0 spiro atoms. The molecular weight excluding hydrogens is 242 g/mol. The predicted octanol–water partition coefficient (Wildman–Crippen LogP) is 2.28. The Balaban J connectivity index is 1.81. The number of carboxylic acids is 1. The lowest BCUT2D eigenvalue weighted by Crippen LogP contribution is -2.48. The highest BCUT2D eigenvalue weighted by Gasteiger charge is 2.49. The second-order valence-electron chi connectivity index (χ2n) is 6.57. The zero-order valence-electron chi connectivity index (χ0n) is 11.5. The molecule has 0 bridgehead atoms. The fourth-order valence-electron chi connectivity index (χ4n) is 4.03. The van der Waals surface area contributed by atoms with Gasteiger partial charge in [0.25, 0.3) is 0 Å². The van der Waals surface area contributed by atoms with Crippen molar-refractivity contribution in [3.8, 4) is 0 Å². The summed E-state index contributed by atoms with van der Waals surface area (Å²) in [4.78, 5) is 25.9. The van der Waals surface area contributed by atoms with Crippen LogP contribution in [0.5, 0.6) is 0 Å². The summed E-state index contributed by atoms with van der Waals surface area (Å²) >= 11 is 0. The van der Waals surface area contributed by atoms with Gasteiger partial charge < -0.3 is 10.0 Å². The second kappa shape index (κ2) is 4.80. The third-order valence-corrected chi connectivity index (χ3v) is 5.35. The summed E-state index contributed by atoms with van der Waals surface area (Å²) in [6.07, 6.45) is 7.35. The maximum atomic E-state index is 12.7. The third-order valence-electron chi connectivity index (χ3n) is 5.35. The molecule has 3 rings (SSSR count). The quantitative estimate of drug-likeness (QED) is 0.851. The molecule has 4 unspecified atom stereocenters. The van der Waals surface area contributed by atoms with Gasteiger partial charge in [-0.15, -0.1) is 0 Å². The highest BCUT2D eigenvalue weighted by Crippen LogP contribution is 2.43. The number of carboxylic acid groups (broad SMARTS) is 1. The standard InChI is InChI=1S/C15H23NO3/c1-9(10-6-7-10)14(17)16-12-5-3-2-4-11(12)8-13(16)15(18)19/h9-13H,2-8H2,1H3,(H,18,19). The smallest absolute Gasteiger partial charge is 0.326 e. The van der Waals surface area contributed by atoms with Crippen LogP contribution in [0.25, 0.3) is 0 Å². The lowest BCUT2D eigenvalue weighted by atomic mass is 9.84. The van der Waals surface area contributed by atoms with Crippen molar-refractivity contribution < 1.29 is 14.7 Å². The van der Waals surface area contributed by atoms with Gasteiger partial charge in [-0.05, 0) is 43.9 Å². The zero-order valence-corrected chi connectivity index (χ0v) is 11.5. The normalized spacial score (nSPS) is 35.8. The van der Waals surface area contributed by atoms with E-state index in [0.29, 0.717) is 18.3 Å². The highest BCUT2D eigenvalue weighted by atomic mass is 16.4. The van der Waals surface area contributed by atoms with Gasteiger partial charge in [0.05, 0.1) is 0 Å². The minimum Gasteiger partial charge on any atom is -0.480 e. The number of hydrogen-bond acceptors (Lipinski definition) is 2. The Kier molecular flexibility index (Phi) is 3.27. The Hall–Kier alpha value is -1.06. The molecule has 3 fully saturated rings. The number of carbonyl (C=O) groups excluding carboxylic acids is 1. The number of amides is 1. The van der Waals surface area contributed by atoms with E-state index >= 15 is 0 Å². The fourth-order valence-corrected chi connectivity index (χ4v) is 4.03. The Labute approximate surface area is 114 Å². The molecule has 0 radical (unpaired) electrons. The SMILES string of the molecule is CC(C(=O)N1C(C(=O)O)CC2CCCCC21)C1CC1. The molecule has 1 N–H and O–H groups in total. The number of nitrogens with zero attached hydrogens (tertiary/aromatic N) is 1. The summed E-state index contributed by atoms with van der Waals surface area (Å²) in [5, 5.41) is 9.42. The van der Waals surface area contributed by atoms with Crippen LogP contribution in [-0.4, -0.2) is 34.0 Å². The first-order chi connectivity index (χ1) is 9.09. The van der Waals surface area contributed by atoms with Crippen molar-refractivity contribution in [2.24, 2.45) is 17.8 Å². The second-order valence-corrected chi connectivity index (χ2v) is 6.57. The molecule has 1 aliphatic heterocycles. The molecule has 1 saturated heterocycles. The van der Waals surface area contributed by atoms with Crippen LogP contribution in [0.3, 0.4) is 0 Å². The topological polar surface area (TPSA) is 57.6 Å². The van der Waals surface area contributed by atoms with Gasteiger partial charge in [0, 0.05) is 12.0 Å². The lowest BCUT2D eigenvalue weighted by Gasteiger charge is -2.34. The van der Waals surface area contributed by atoms with Crippen LogP contribution in [0.4, 0.5) is 0 Å². The molecule has 4 heteroatoms. The van der Waals surface area contributed by atoms with Gasteiger partial charge in [0.2, 0.25) is 5.91 Å². The van der Waals surface area contributed by atoms with Crippen molar-refractivity contribution in [1.82, 2.24) is 4.90 Å². The first kappa shape index (κ1) is 12.9. The van der Waals surface area contributed by atoms with E-state index in [1.165, 1.54) is 6.42 Å². The van der Waals surface area contributed by atoms with Gasteiger partial charge in [0.1, 0.15) is 6.04 Å². The van der Waals surface area contributed by atoms with Crippen molar-refractivity contribution >= 4 is 11.9 Å². The molecule has 0 aromatic rings. The van der Waals surface area contributed by atoms with Crippen molar-refractivity contribution in [3.63, 3.8) is 0 Å². The molecule has 0 aromatic heterocycles. The highest BCUT2D eigenvalue weighted by molar-refractivity contribution is 5.86. The molecule has 2 aliphatic carbocycles. The average molecular weight is 265 g/mol. The largest absolute Gasteiger partial charge is 0.480 e. The zero-order chi connectivity index (χ0) is 13.6. The number of aliphatic carboxylic acids is 1. The minimum atomic E-state index is -0.814. The Bertz CT molecular complexity index is 391. The molecule has 19 heavy (non-hydrogen) atoms. The monoisotopic (exact) mass is 265 g/mol. The van der Waals surface area contributed by atoms with Crippen molar-refractivity contribution in [2.45, 2.75) is 64.0 Å². The Morgan fingerprint density at radius 1 is 1.16 bits per heavy atom. The molecule has 0 aromatic carbocycles. The first-order valence-electron chi connectivity index (χ1n) is 7.64. The van der Waals surface area contributed by atoms with Gasteiger partial charge in [-0.25, -0.2) is 4.79 Å². The maximum absolute atomic E-state index is 12.7. The molecule has 4 atom stereocenters. The summed E-state index contributed by atoms with van der Waals surface area (Å²) in [7, 11) is 0. The molecule has 2 saturated carbocycles. The molecule has 1 amide bonds. The van der Waals surface area contributed by atoms with Crippen LogP contribution in [0, 0.1) is 17.8 Å². The van der Waals surface area contributed by atoms with E-state index in [0.717, 1.165) is 32.1 Å². The van der Waals surface area contributed by atoms with E-state index < -0.39 is 12.0 Å². The van der Waals surface area contributed by atoms with E-state index in [1.807, 2.05) is 6.92 Å². The van der Waals surface area contributed by atoms with E-state index in [-0.39, 0.29) is 17.9 Å². The van der Waals surface area contributed by atoms with Crippen molar-refractivity contribution in [3.05, 3.63) is 0 Å². The number of likely N-dealkylation sites (tertiary alicyclic amines) is 1. The number of fused-ring (bicyclic) bond motifs is 1. The predicted molar refractivity (Wildman–Crippen MR) is 70.5 cm³/mol. The van der Waals surface area contributed by atoms with E-state index in [2.05, 4.69) is 0 Å². The molecule has 4 nitrogen and oxygen atoms in total. The van der Waals surface area contributed by atoms with Crippen LogP contribution >= 0.6 is 0 Å². The number of carbonyl (C=O) groups is 2. The molecule has 3 aliphatic rings. The van der Waals surface area contributed by atoms with Crippen LogP contribution in [0.2, 0.25) is 0 Å². The van der Waals surface area contributed by atoms with E-state index in [4.69, 9.17) is 0 Å². The average Bonchev–Trinajstić information content (AvgIpc) is 3.16. The summed E-state index contributed by atoms with van der Waals surface area (Å²) in [6.45, 7) is 1.98. The maximum Gasteiger partial charge on any atom is 0.326 e. The van der Waals surface area contributed by atoms with Gasteiger partial charge in [-0.2, -0.15) is 0 Å². The molecule has 106 valence electrons.